The number of allylic oxidation sites excluding steroid dienone is 1. The highest BCUT2D eigenvalue weighted by Gasteiger charge is 2.39. The molecule has 0 saturated heterocycles. The van der Waals surface area contributed by atoms with E-state index in [9.17, 15) is 26.3 Å². The van der Waals surface area contributed by atoms with Crippen molar-refractivity contribution in [3.05, 3.63) is 69.8 Å². The molecule has 0 aliphatic heterocycles. The van der Waals surface area contributed by atoms with E-state index in [4.69, 9.17) is 12.2 Å². The summed E-state index contributed by atoms with van der Waals surface area (Å²) in [7, 11) is 0. The molecule has 2 atom stereocenters. The number of hydrogen-bond donors (Lipinski definition) is 2. The molecule has 0 aliphatic carbocycles. The zero-order chi connectivity index (χ0) is 25.8. The van der Waals surface area contributed by atoms with Gasteiger partial charge in [0.2, 0.25) is 0 Å². The number of anilines is 1. The molecule has 34 heavy (non-hydrogen) atoms. The Morgan fingerprint density at radius 2 is 1.53 bits per heavy atom. The summed E-state index contributed by atoms with van der Waals surface area (Å²) in [5, 5.41) is 5.20. The highest BCUT2D eigenvalue weighted by atomic mass is 32.1. The molecule has 2 N–H and O–H groups in total. The third-order valence-corrected chi connectivity index (χ3v) is 6.12. The molecule has 0 aromatic heterocycles. The lowest BCUT2D eigenvalue weighted by atomic mass is 9.91. The van der Waals surface area contributed by atoms with Crippen molar-refractivity contribution < 1.29 is 26.3 Å². The van der Waals surface area contributed by atoms with Crippen LogP contribution in [0.5, 0.6) is 0 Å². The van der Waals surface area contributed by atoms with Crippen LogP contribution in [0.2, 0.25) is 0 Å². The van der Waals surface area contributed by atoms with Crippen LogP contribution in [0.1, 0.15) is 46.2 Å². The first kappa shape index (κ1) is 27.7. The maximum atomic E-state index is 13.8. The van der Waals surface area contributed by atoms with Crippen LogP contribution in [-0.4, -0.2) is 29.9 Å². The molecule has 0 heterocycles. The van der Waals surface area contributed by atoms with Crippen molar-refractivity contribution in [2.24, 2.45) is 0 Å². The second-order valence-corrected chi connectivity index (χ2v) is 8.87. The van der Waals surface area contributed by atoms with Gasteiger partial charge in [-0.05, 0) is 80.1 Å². The van der Waals surface area contributed by atoms with Crippen LogP contribution in [0.25, 0.3) is 6.08 Å². The molecule has 0 radical (unpaired) electrons. The first-order valence-corrected chi connectivity index (χ1v) is 11.0. The van der Waals surface area contributed by atoms with E-state index in [1.165, 1.54) is 6.08 Å². The molecule has 2 aromatic carbocycles. The number of halogens is 6. The normalized spacial score (nSPS) is 14.2. The zero-order valence-corrected chi connectivity index (χ0v) is 20.4. The van der Waals surface area contributed by atoms with Crippen LogP contribution in [0.15, 0.2) is 36.4 Å². The molecular formula is C25H28F6N2S. The fourth-order valence-electron chi connectivity index (χ4n) is 3.46. The second kappa shape index (κ2) is 10.8. The van der Waals surface area contributed by atoms with Crippen LogP contribution >= 0.6 is 12.2 Å². The molecule has 2 unspecified atom stereocenters. The quantitative estimate of drug-likeness (QED) is 0.302. The number of alkyl halides is 6. The molecule has 186 valence electrons. The van der Waals surface area contributed by atoms with Gasteiger partial charge in [0.15, 0.2) is 0 Å². The van der Waals surface area contributed by atoms with Crippen molar-refractivity contribution in [2.45, 2.75) is 58.9 Å². The van der Waals surface area contributed by atoms with Crippen LogP contribution in [0.4, 0.5) is 32.0 Å². The lowest BCUT2D eigenvalue weighted by molar-refractivity contribution is -0.139. The van der Waals surface area contributed by atoms with E-state index < -0.39 is 30.9 Å². The van der Waals surface area contributed by atoms with E-state index in [-0.39, 0.29) is 10.6 Å². The summed E-state index contributed by atoms with van der Waals surface area (Å²) in [4.78, 5) is 0.0115. The number of aryl methyl sites for hydroxylation is 3. The number of benzene rings is 2. The van der Waals surface area contributed by atoms with E-state index in [0.29, 0.717) is 11.3 Å². The van der Waals surface area contributed by atoms with Gasteiger partial charge in [-0.3, -0.25) is 0 Å². The van der Waals surface area contributed by atoms with Gasteiger partial charge in [-0.1, -0.05) is 42.6 Å². The van der Waals surface area contributed by atoms with Crippen LogP contribution in [0.3, 0.4) is 0 Å². The van der Waals surface area contributed by atoms with Gasteiger partial charge in [-0.25, -0.2) is 0 Å². The summed E-state index contributed by atoms with van der Waals surface area (Å²) in [5.41, 5.74) is 4.68. The van der Waals surface area contributed by atoms with Gasteiger partial charge in [0.1, 0.15) is 6.54 Å². The Labute approximate surface area is 201 Å². The lowest BCUT2D eigenvalue weighted by Gasteiger charge is -2.20. The highest BCUT2D eigenvalue weighted by molar-refractivity contribution is 7.80. The molecule has 0 amide bonds. The Hall–Kier alpha value is -2.55. The lowest BCUT2D eigenvalue weighted by Crippen LogP contribution is -2.40. The van der Waals surface area contributed by atoms with Gasteiger partial charge in [0.05, 0.1) is 16.9 Å². The van der Waals surface area contributed by atoms with E-state index in [2.05, 4.69) is 10.6 Å². The first-order valence-electron chi connectivity index (χ1n) is 10.6. The van der Waals surface area contributed by atoms with Crippen molar-refractivity contribution >= 4 is 29.0 Å². The predicted octanol–water partition coefficient (Wildman–Crippen LogP) is 7.56. The van der Waals surface area contributed by atoms with Crippen LogP contribution in [-0.2, 0) is 0 Å². The summed E-state index contributed by atoms with van der Waals surface area (Å²) < 4.78 is 78.6. The first-order chi connectivity index (χ1) is 15.6. The average Bonchev–Trinajstić information content (AvgIpc) is 2.70. The summed E-state index contributed by atoms with van der Waals surface area (Å²) >= 11 is 5.00. The molecule has 2 aromatic rings. The van der Waals surface area contributed by atoms with Gasteiger partial charge in [-0.2, -0.15) is 26.3 Å². The Balaban J connectivity index is 2.19. The maximum absolute atomic E-state index is 13.8. The Bertz CT molecular complexity index is 1030. The maximum Gasteiger partial charge on any atom is 0.405 e. The van der Waals surface area contributed by atoms with Crippen LogP contribution < -0.4 is 10.6 Å². The second-order valence-electron chi connectivity index (χ2n) is 8.43. The minimum absolute atomic E-state index is 0.0115. The van der Waals surface area contributed by atoms with E-state index in [1.54, 1.807) is 58.0 Å². The highest BCUT2D eigenvalue weighted by Crippen LogP contribution is 2.38. The minimum atomic E-state index is -4.45. The van der Waals surface area contributed by atoms with Crippen molar-refractivity contribution in [1.82, 2.24) is 5.32 Å². The smallest absolute Gasteiger partial charge is 0.376 e. The predicted molar refractivity (Wildman–Crippen MR) is 129 cm³/mol. The molecule has 0 spiro atoms. The number of rotatable bonds is 7. The Kier molecular flexibility index (Phi) is 8.80. The largest absolute Gasteiger partial charge is 0.405 e. The van der Waals surface area contributed by atoms with Crippen molar-refractivity contribution in [3.63, 3.8) is 0 Å². The molecule has 0 bridgehead atoms. The number of thiocarbonyl (C=S) groups is 1. The van der Waals surface area contributed by atoms with Gasteiger partial charge in [0, 0.05) is 5.69 Å². The molecule has 0 fully saturated rings. The molecular weight excluding hydrogens is 474 g/mol. The van der Waals surface area contributed by atoms with Gasteiger partial charge >= 0.3 is 12.4 Å². The Morgan fingerprint density at radius 3 is 2.03 bits per heavy atom. The topological polar surface area (TPSA) is 24.1 Å². The van der Waals surface area contributed by atoms with Gasteiger partial charge < -0.3 is 10.6 Å². The van der Waals surface area contributed by atoms with E-state index >= 15 is 0 Å². The summed E-state index contributed by atoms with van der Waals surface area (Å²) in [5.74, 6) is -1.75. The Morgan fingerprint density at radius 1 is 0.941 bits per heavy atom. The number of hydrogen-bond acceptors (Lipinski definition) is 2. The van der Waals surface area contributed by atoms with E-state index in [1.807, 2.05) is 6.92 Å². The fraction of sp³-hybridized carbons (Fsp3) is 0.400. The SMILES string of the molecule is Cc1cc(/C=C/C(c2cc(C)c(C)c(C)c2)C(F)(F)F)ccc1NC(C)C(=S)NCC(F)(F)F. The third-order valence-electron chi connectivity index (χ3n) is 5.62. The standard InChI is InChI=1S/C25H28F6N2S/c1-14-11-20(12-15(2)17(14)4)21(25(29,30)31)8-6-19-7-9-22(16(3)10-19)33-18(5)23(34)32-13-24(26,27)28/h6-12,18,21,33H,13H2,1-5H3,(H,32,34)/b8-6+. The summed E-state index contributed by atoms with van der Waals surface area (Å²) in [6, 6.07) is 7.59. The van der Waals surface area contributed by atoms with E-state index in [0.717, 1.165) is 28.3 Å². The molecule has 0 saturated carbocycles. The monoisotopic (exact) mass is 502 g/mol. The summed E-state index contributed by atoms with van der Waals surface area (Å²) in [6.45, 7) is 7.63. The number of nitrogens with one attached hydrogen (secondary N) is 2. The average molecular weight is 503 g/mol. The van der Waals surface area contributed by atoms with Crippen molar-refractivity contribution in [2.75, 3.05) is 11.9 Å². The fourth-order valence-corrected chi connectivity index (χ4v) is 3.59. The van der Waals surface area contributed by atoms with Crippen molar-refractivity contribution in [3.8, 4) is 0 Å². The van der Waals surface area contributed by atoms with Crippen LogP contribution in [0, 0.1) is 27.7 Å². The van der Waals surface area contributed by atoms with Gasteiger partial charge in [-0.15, -0.1) is 0 Å². The molecule has 2 nitrogen and oxygen atoms in total. The molecule has 9 heteroatoms. The minimum Gasteiger partial charge on any atom is -0.376 e. The zero-order valence-electron chi connectivity index (χ0n) is 19.6. The van der Waals surface area contributed by atoms with Crippen molar-refractivity contribution in [1.29, 1.82) is 0 Å². The third kappa shape index (κ3) is 7.75. The summed E-state index contributed by atoms with van der Waals surface area (Å²) in [6.07, 6.45) is -6.25. The molecule has 0 aliphatic rings. The van der Waals surface area contributed by atoms with Gasteiger partial charge in [0.25, 0.3) is 0 Å². The molecule has 2 rings (SSSR count).